The lowest BCUT2D eigenvalue weighted by Crippen LogP contribution is -2.37. The third-order valence-electron chi connectivity index (χ3n) is 4.48. The molecule has 0 atom stereocenters. The van der Waals surface area contributed by atoms with Crippen molar-refractivity contribution in [3.63, 3.8) is 0 Å². The quantitative estimate of drug-likeness (QED) is 0.647. The van der Waals surface area contributed by atoms with Crippen molar-refractivity contribution in [2.24, 2.45) is 7.05 Å². The van der Waals surface area contributed by atoms with Gasteiger partial charge >= 0.3 is 5.82 Å². The zero-order valence-corrected chi connectivity index (χ0v) is 14.4. The molecule has 23 heavy (non-hydrogen) atoms. The Hall–Kier alpha value is -2.36. The van der Waals surface area contributed by atoms with Crippen molar-refractivity contribution in [1.82, 2.24) is 15.0 Å². The summed E-state index contributed by atoms with van der Waals surface area (Å²) in [5.41, 5.74) is 6.85. The van der Waals surface area contributed by atoms with Gasteiger partial charge in [-0.15, -0.1) is 0 Å². The summed E-state index contributed by atoms with van der Waals surface area (Å²) in [7, 11) is 1.92. The summed E-state index contributed by atoms with van der Waals surface area (Å²) in [5.74, 6) is 0.801. The zero-order valence-electron chi connectivity index (χ0n) is 17.4. The molecule has 0 aliphatic rings. The fourth-order valence-electron chi connectivity index (χ4n) is 2.83. The summed E-state index contributed by atoms with van der Waals surface area (Å²) in [6.45, 7) is 7.53. The second-order valence-corrected chi connectivity index (χ2v) is 6.16. The van der Waals surface area contributed by atoms with Crippen molar-refractivity contribution < 1.29 is 8.68 Å². The van der Waals surface area contributed by atoms with Crippen LogP contribution in [0.15, 0.2) is 12.1 Å². The van der Waals surface area contributed by atoms with Crippen LogP contribution in [0.25, 0.3) is 22.6 Å². The Bertz CT molecular complexity index is 1040. The van der Waals surface area contributed by atoms with Crippen LogP contribution in [0.5, 0.6) is 0 Å². The molecular weight excluding hydrogens is 284 g/mol. The van der Waals surface area contributed by atoms with Crippen molar-refractivity contribution in [1.29, 1.82) is 0 Å². The van der Waals surface area contributed by atoms with Gasteiger partial charge in [0.25, 0.3) is 5.65 Å². The molecule has 0 amide bonds. The summed E-state index contributed by atoms with van der Waals surface area (Å²) in [6.07, 6.45) is 0. The predicted octanol–water partition coefficient (Wildman–Crippen LogP) is 3.37. The standard InChI is InChI=1S/C19H23N4/c1-10-8-11(2)12(3)16(9-10)19-22-18-17(15(6)23(19)7)20-13(4)14(5)21-18/h8-9H,1-7H3/q+1/i4D3. The number of benzene rings is 1. The van der Waals surface area contributed by atoms with E-state index in [1.165, 1.54) is 16.7 Å². The first-order valence-corrected chi connectivity index (χ1v) is 7.64. The molecule has 118 valence electrons. The molecule has 0 saturated carbocycles. The van der Waals surface area contributed by atoms with E-state index < -0.39 is 6.85 Å². The Morgan fingerprint density at radius 1 is 0.957 bits per heavy atom. The summed E-state index contributed by atoms with van der Waals surface area (Å²) in [6, 6.07) is 4.27. The van der Waals surface area contributed by atoms with Gasteiger partial charge in [-0.1, -0.05) is 6.07 Å². The van der Waals surface area contributed by atoms with Gasteiger partial charge in [0.1, 0.15) is 5.69 Å². The summed E-state index contributed by atoms with van der Waals surface area (Å²) in [4.78, 5) is 13.6. The molecule has 0 aliphatic heterocycles. The highest BCUT2D eigenvalue weighted by molar-refractivity contribution is 5.74. The van der Waals surface area contributed by atoms with Crippen molar-refractivity contribution in [2.45, 2.75) is 41.5 Å². The molecule has 4 heteroatoms. The molecular formula is C19H23N4+. The topological polar surface area (TPSA) is 42.5 Å². The third-order valence-corrected chi connectivity index (χ3v) is 4.48. The minimum absolute atomic E-state index is 0.0326. The maximum absolute atomic E-state index is 7.67. The normalized spacial score (nSPS) is 13.7. The summed E-state index contributed by atoms with van der Waals surface area (Å²) >= 11 is 0. The van der Waals surface area contributed by atoms with Gasteiger partial charge in [-0.2, -0.15) is 0 Å². The van der Waals surface area contributed by atoms with E-state index in [0.29, 0.717) is 16.9 Å². The number of fused-ring (bicyclic) bond motifs is 1. The maximum Gasteiger partial charge on any atom is 0.333 e. The molecule has 4 nitrogen and oxygen atoms in total. The fraction of sp³-hybridized carbons (Fsp3) is 0.368. The van der Waals surface area contributed by atoms with Gasteiger partial charge in [0.15, 0.2) is 5.52 Å². The lowest BCUT2D eigenvalue weighted by molar-refractivity contribution is -0.667. The molecule has 0 spiro atoms. The molecule has 0 unspecified atom stereocenters. The van der Waals surface area contributed by atoms with Crippen LogP contribution in [-0.4, -0.2) is 15.0 Å². The van der Waals surface area contributed by atoms with Gasteiger partial charge in [-0.3, -0.25) is 0 Å². The van der Waals surface area contributed by atoms with Crippen molar-refractivity contribution >= 4 is 11.2 Å². The summed E-state index contributed by atoms with van der Waals surface area (Å²) < 4.78 is 25.0. The number of aromatic nitrogens is 4. The van der Waals surface area contributed by atoms with E-state index in [4.69, 9.17) is 9.10 Å². The second-order valence-electron chi connectivity index (χ2n) is 6.16. The average molecular weight is 310 g/mol. The first-order valence-electron chi connectivity index (χ1n) is 9.14. The largest absolute Gasteiger partial charge is 0.333 e. The van der Waals surface area contributed by atoms with Gasteiger partial charge < -0.3 is 0 Å². The second kappa shape index (κ2) is 5.37. The number of rotatable bonds is 1. The smallest absolute Gasteiger partial charge is 0.242 e. The Kier molecular flexibility index (Phi) is 2.83. The Labute approximate surface area is 141 Å². The molecule has 3 aromatic rings. The van der Waals surface area contributed by atoms with E-state index >= 15 is 0 Å². The molecule has 0 bridgehead atoms. The van der Waals surface area contributed by atoms with Gasteiger partial charge in [0.2, 0.25) is 0 Å². The van der Waals surface area contributed by atoms with Crippen LogP contribution in [0.4, 0.5) is 0 Å². The molecule has 0 fully saturated rings. The molecule has 0 radical (unpaired) electrons. The van der Waals surface area contributed by atoms with E-state index in [0.717, 1.165) is 17.1 Å². The molecule has 0 aliphatic carbocycles. The van der Waals surface area contributed by atoms with Crippen LogP contribution in [0.1, 0.15) is 37.9 Å². The van der Waals surface area contributed by atoms with E-state index in [1.807, 2.05) is 18.5 Å². The van der Waals surface area contributed by atoms with Crippen LogP contribution < -0.4 is 4.57 Å². The van der Waals surface area contributed by atoms with Crippen molar-refractivity contribution in [3.05, 3.63) is 45.9 Å². The van der Waals surface area contributed by atoms with Crippen LogP contribution in [0.2, 0.25) is 0 Å². The van der Waals surface area contributed by atoms with E-state index in [2.05, 4.69) is 42.9 Å². The van der Waals surface area contributed by atoms with Gasteiger partial charge in [0, 0.05) is 11.0 Å². The highest BCUT2D eigenvalue weighted by Crippen LogP contribution is 2.25. The predicted molar refractivity (Wildman–Crippen MR) is 92.4 cm³/mol. The Balaban J connectivity index is 2.36. The van der Waals surface area contributed by atoms with Gasteiger partial charge in [-0.05, 0) is 62.3 Å². The minimum atomic E-state index is -2.29. The molecule has 2 aromatic heterocycles. The van der Waals surface area contributed by atoms with Crippen molar-refractivity contribution in [2.75, 3.05) is 0 Å². The average Bonchev–Trinajstić information content (AvgIpc) is 2.53. The minimum Gasteiger partial charge on any atom is -0.242 e. The highest BCUT2D eigenvalue weighted by atomic mass is 15.1. The zero-order chi connectivity index (χ0) is 19.4. The SMILES string of the molecule is [2H]C([2H])([2H])c1nc2c(C)[n+](C)c(-c3cc(C)cc(C)c3C)nc2nc1C. The molecule has 3 rings (SSSR count). The Morgan fingerprint density at radius 3 is 2.39 bits per heavy atom. The van der Waals surface area contributed by atoms with Crippen LogP contribution in [0.3, 0.4) is 0 Å². The first-order chi connectivity index (χ1) is 12.0. The first kappa shape index (κ1) is 12.1. The molecule has 2 heterocycles. The van der Waals surface area contributed by atoms with Crippen LogP contribution in [0, 0.1) is 41.5 Å². The highest BCUT2D eigenvalue weighted by Gasteiger charge is 2.23. The molecule has 0 saturated heterocycles. The Morgan fingerprint density at radius 2 is 1.70 bits per heavy atom. The van der Waals surface area contributed by atoms with Crippen LogP contribution in [-0.2, 0) is 7.05 Å². The maximum atomic E-state index is 7.67. The third kappa shape index (κ3) is 2.48. The summed E-state index contributed by atoms with van der Waals surface area (Å²) in [5, 5.41) is 0. The van der Waals surface area contributed by atoms with E-state index in [-0.39, 0.29) is 5.69 Å². The van der Waals surface area contributed by atoms with E-state index in [1.54, 1.807) is 6.92 Å². The fourth-order valence-corrected chi connectivity index (χ4v) is 2.83. The molecule has 1 aromatic carbocycles. The lowest BCUT2D eigenvalue weighted by atomic mass is 9.99. The van der Waals surface area contributed by atoms with E-state index in [9.17, 15) is 0 Å². The van der Waals surface area contributed by atoms with Gasteiger partial charge in [-0.25, -0.2) is 14.5 Å². The number of hydrogen-bond donors (Lipinski definition) is 0. The monoisotopic (exact) mass is 310 g/mol. The molecule has 0 N–H and O–H groups in total. The van der Waals surface area contributed by atoms with Gasteiger partial charge in [0.05, 0.1) is 24.0 Å². The van der Waals surface area contributed by atoms with Crippen LogP contribution >= 0.6 is 0 Å². The number of aryl methyl sites for hydroxylation is 5. The number of hydrogen-bond acceptors (Lipinski definition) is 3. The lowest BCUT2D eigenvalue weighted by Gasteiger charge is -2.10. The van der Waals surface area contributed by atoms with Crippen molar-refractivity contribution in [3.8, 4) is 11.4 Å². The number of nitrogens with zero attached hydrogens (tertiary/aromatic N) is 4.